The number of rotatable bonds is 6. The predicted molar refractivity (Wildman–Crippen MR) is 70.3 cm³/mol. The van der Waals surface area contributed by atoms with Crippen molar-refractivity contribution in [3.63, 3.8) is 0 Å². The summed E-state index contributed by atoms with van der Waals surface area (Å²) < 4.78 is 37.3. The summed E-state index contributed by atoms with van der Waals surface area (Å²) >= 11 is 0. The van der Waals surface area contributed by atoms with Gasteiger partial charge in [0.15, 0.2) is 6.10 Å². The first-order valence-electron chi connectivity index (χ1n) is 6.12. The molecule has 0 bridgehead atoms. The lowest BCUT2D eigenvalue weighted by Gasteiger charge is -2.14. The van der Waals surface area contributed by atoms with Gasteiger partial charge in [0.1, 0.15) is 0 Å². The van der Waals surface area contributed by atoms with Crippen LogP contribution in [0.5, 0.6) is 0 Å². The Morgan fingerprint density at radius 3 is 2.65 bits per heavy atom. The summed E-state index contributed by atoms with van der Waals surface area (Å²) in [5.41, 5.74) is 0.998. The molecule has 0 aromatic heterocycles. The third kappa shape index (κ3) is 4.29. The maximum absolute atomic E-state index is 11.4. The van der Waals surface area contributed by atoms with Crippen molar-refractivity contribution in [1.29, 1.82) is 0 Å². The average Bonchev–Trinajstić information content (AvgIpc) is 2.71. The molecule has 1 saturated heterocycles. The Kier molecular flexibility index (Phi) is 4.74. The minimum Gasteiger partial charge on any atom is -0.463 e. The Morgan fingerprint density at radius 2 is 2.00 bits per heavy atom. The van der Waals surface area contributed by atoms with Crippen LogP contribution in [0.25, 0.3) is 0 Å². The topological polar surface area (TPSA) is 78.9 Å². The van der Waals surface area contributed by atoms with Gasteiger partial charge in [-0.25, -0.2) is 4.79 Å². The zero-order valence-corrected chi connectivity index (χ0v) is 11.8. The number of benzene rings is 1. The fourth-order valence-electron chi connectivity index (χ4n) is 1.90. The first-order valence-corrected chi connectivity index (χ1v) is 7.94. The fourth-order valence-corrected chi connectivity index (χ4v) is 2.51. The van der Waals surface area contributed by atoms with E-state index in [1.807, 2.05) is 30.3 Å². The molecule has 0 amide bonds. The largest absolute Gasteiger partial charge is 0.463 e. The molecule has 1 aromatic rings. The minimum atomic E-state index is -3.71. The van der Waals surface area contributed by atoms with E-state index in [1.165, 1.54) is 0 Å². The molecular weight excluding hydrogens is 284 g/mol. The van der Waals surface area contributed by atoms with E-state index in [2.05, 4.69) is 0 Å². The maximum atomic E-state index is 11.4. The van der Waals surface area contributed by atoms with Gasteiger partial charge < -0.3 is 9.47 Å². The monoisotopic (exact) mass is 300 g/mol. The Bertz CT molecular complexity index is 553. The van der Waals surface area contributed by atoms with Crippen molar-refractivity contribution in [2.75, 3.05) is 19.5 Å². The third-order valence-electron chi connectivity index (χ3n) is 2.82. The van der Waals surface area contributed by atoms with Gasteiger partial charge in [0, 0.05) is 0 Å². The predicted octanol–water partition coefficient (Wildman–Crippen LogP) is 0.721. The van der Waals surface area contributed by atoms with E-state index in [9.17, 15) is 13.2 Å². The van der Waals surface area contributed by atoms with Gasteiger partial charge in [0.05, 0.1) is 32.0 Å². The quantitative estimate of drug-likeness (QED) is 0.569. The van der Waals surface area contributed by atoms with Crippen molar-refractivity contribution >= 4 is 16.1 Å². The molecule has 1 aliphatic rings. The van der Waals surface area contributed by atoms with Crippen molar-refractivity contribution in [1.82, 2.24) is 0 Å². The lowest BCUT2D eigenvalue weighted by Crippen LogP contribution is -2.31. The second-order valence-corrected chi connectivity index (χ2v) is 6.21. The lowest BCUT2D eigenvalue weighted by atomic mass is 10.1. The van der Waals surface area contributed by atoms with E-state index in [-0.39, 0.29) is 13.2 Å². The Morgan fingerprint density at radius 1 is 1.30 bits per heavy atom. The van der Waals surface area contributed by atoms with Crippen LogP contribution in [0.15, 0.2) is 30.3 Å². The van der Waals surface area contributed by atoms with E-state index in [0.717, 1.165) is 11.8 Å². The molecule has 6 nitrogen and oxygen atoms in total. The molecular formula is C13H16O6S. The fraction of sp³-hybridized carbons (Fsp3) is 0.462. The molecule has 1 aliphatic heterocycles. The number of ether oxygens (including phenoxy) is 2. The maximum Gasteiger partial charge on any atom is 0.337 e. The summed E-state index contributed by atoms with van der Waals surface area (Å²) in [5.74, 6) is -1.08. The molecule has 0 unspecified atom stereocenters. The zero-order valence-electron chi connectivity index (χ0n) is 11.0. The minimum absolute atomic E-state index is 0.105. The molecule has 0 N–H and O–H groups in total. The van der Waals surface area contributed by atoms with Gasteiger partial charge in [-0.1, -0.05) is 30.3 Å². The molecule has 0 spiro atoms. The van der Waals surface area contributed by atoms with Crippen LogP contribution in [-0.4, -0.2) is 40.0 Å². The number of carbonyl (C=O) groups excluding carboxylic acids is 1. The van der Waals surface area contributed by atoms with Crippen LogP contribution >= 0.6 is 0 Å². The van der Waals surface area contributed by atoms with Gasteiger partial charge in [-0.3, -0.25) is 4.18 Å². The summed E-state index contributed by atoms with van der Waals surface area (Å²) in [6.07, 6.45) is -0.207. The molecule has 0 aliphatic carbocycles. The zero-order chi connectivity index (χ0) is 14.6. The van der Waals surface area contributed by atoms with Crippen molar-refractivity contribution in [2.24, 2.45) is 5.92 Å². The van der Waals surface area contributed by atoms with Gasteiger partial charge >= 0.3 is 5.97 Å². The van der Waals surface area contributed by atoms with Gasteiger partial charge in [-0.05, 0) is 5.56 Å². The van der Waals surface area contributed by atoms with Crippen LogP contribution in [0.4, 0.5) is 0 Å². The van der Waals surface area contributed by atoms with Crippen LogP contribution in [0, 0.1) is 5.92 Å². The number of esters is 1. The Balaban J connectivity index is 1.87. The number of hydrogen-bond donors (Lipinski definition) is 0. The Hall–Kier alpha value is -1.44. The highest BCUT2D eigenvalue weighted by atomic mass is 32.2. The Labute approximate surface area is 117 Å². The summed E-state index contributed by atoms with van der Waals surface area (Å²) in [4.78, 5) is 11.4. The van der Waals surface area contributed by atoms with E-state index in [1.54, 1.807) is 0 Å². The number of cyclic esters (lactones) is 1. The molecule has 110 valence electrons. The van der Waals surface area contributed by atoms with Crippen LogP contribution in [0.1, 0.15) is 5.56 Å². The standard InChI is InChI=1S/C13H16O6S/c1-20(15,16)19-12-11(9-18-13(12)14)8-17-7-10-5-3-2-4-6-10/h2-6,11-12H,7-9H2,1H3/t11-,12-/m0/s1. The smallest absolute Gasteiger partial charge is 0.337 e. The SMILES string of the molecule is CS(=O)(=O)O[C@@H]1C(=O)OC[C@@H]1COCc1ccccc1. The molecule has 20 heavy (non-hydrogen) atoms. The first-order chi connectivity index (χ1) is 9.46. The van der Waals surface area contributed by atoms with Crippen molar-refractivity contribution in [3.05, 3.63) is 35.9 Å². The molecule has 7 heteroatoms. The van der Waals surface area contributed by atoms with Crippen molar-refractivity contribution in [3.8, 4) is 0 Å². The molecule has 1 aromatic carbocycles. The summed E-state index contributed by atoms with van der Waals surface area (Å²) in [6.45, 7) is 0.686. The molecule has 2 atom stereocenters. The first kappa shape index (κ1) is 15.0. The average molecular weight is 300 g/mol. The molecule has 0 radical (unpaired) electrons. The molecule has 0 saturated carbocycles. The summed E-state index contributed by atoms with van der Waals surface area (Å²) in [7, 11) is -3.71. The van der Waals surface area contributed by atoms with Gasteiger partial charge in [0.25, 0.3) is 10.1 Å². The second-order valence-electron chi connectivity index (χ2n) is 4.61. The second kappa shape index (κ2) is 6.34. The highest BCUT2D eigenvalue weighted by Crippen LogP contribution is 2.21. The van der Waals surface area contributed by atoms with Gasteiger partial charge in [-0.2, -0.15) is 8.42 Å². The van der Waals surface area contributed by atoms with E-state index >= 15 is 0 Å². The summed E-state index contributed by atoms with van der Waals surface area (Å²) in [5, 5.41) is 0. The van der Waals surface area contributed by atoms with Gasteiger partial charge in [0.2, 0.25) is 0 Å². The molecule has 1 heterocycles. The van der Waals surface area contributed by atoms with E-state index < -0.39 is 28.1 Å². The highest BCUT2D eigenvalue weighted by molar-refractivity contribution is 7.86. The summed E-state index contributed by atoms with van der Waals surface area (Å²) in [6, 6.07) is 9.54. The third-order valence-corrected chi connectivity index (χ3v) is 3.38. The molecule has 2 rings (SSSR count). The van der Waals surface area contributed by atoms with Crippen LogP contribution in [0.2, 0.25) is 0 Å². The molecule has 1 fully saturated rings. The van der Waals surface area contributed by atoms with E-state index in [0.29, 0.717) is 6.61 Å². The van der Waals surface area contributed by atoms with Crippen LogP contribution in [-0.2, 0) is 35.2 Å². The van der Waals surface area contributed by atoms with Crippen LogP contribution in [0.3, 0.4) is 0 Å². The van der Waals surface area contributed by atoms with E-state index in [4.69, 9.17) is 13.7 Å². The van der Waals surface area contributed by atoms with Crippen molar-refractivity contribution < 1.29 is 26.9 Å². The van der Waals surface area contributed by atoms with Crippen molar-refractivity contribution in [2.45, 2.75) is 12.7 Å². The van der Waals surface area contributed by atoms with Crippen LogP contribution < -0.4 is 0 Å². The number of hydrogen-bond acceptors (Lipinski definition) is 6. The normalized spacial score (nSPS) is 22.8. The number of carbonyl (C=O) groups is 1. The van der Waals surface area contributed by atoms with Gasteiger partial charge in [-0.15, -0.1) is 0 Å². The highest BCUT2D eigenvalue weighted by Gasteiger charge is 2.40. The lowest BCUT2D eigenvalue weighted by molar-refractivity contribution is -0.143.